The molecule has 2 aliphatic rings. The fourth-order valence-corrected chi connectivity index (χ4v) is 4.50. The van der Waals surface area contributed by atoms with Crippen LogP contribution in [-0.2, 0) is 11.2 Å². The minimum Gasteiger partial charge on any atom is -0.345 e. The molecule has 4 heteroatoms. The summed E-state index contributed by atoms with van der Waals surface area (Å²) in [6.45, 7) is 2.88. The SMILES string of the molecule is Cc1cnc(CCN(C)C(=O)[C@@H]2C[C@H]3CC[C@H]2C3)s1. The molecule has 3 atom stereocenters. The summed E-state index contributed by atoms with van der Waals surface area (Å²) >= 11 is 1.74. The Balaban J connectivity index is 1.52. The second kappa shape index (κ2) is 5.23. The third-order valence-electron chi connectivity index (χ3n) is 4.76. The van der Waals surface area contributed by atoms with Gasteiger partial charge in [0.15, 0.2) is 0 Å². The van der Waals surface area contributed by atoms with E-state index in [2.05, 4.69) is 11.9 Å². The number of fused-ring (bicyclic) bond motifs is 2. The topological polar surface area (TPSA) is 33.2 Å². The highest BCUT2D eigenvalue weighted by Gasteiger charge is 2.43. The van der Waals surface area contributed by atoms with E-state index < -0.39 is 0 Å². The normalized spacial score (nSPS) is 28.8. The molecule has 2 fully saturated rings. The summed E-state index contributed by atoms with van der Waals surface area (Å²) in [6.07, 6.45) is 7.89. The van der Waals surface area contributed by atoms with Crippen LogP contribution in [0.15, 0.2) is 6.20 Å². The maximum Gasteiger partial charge on any atom is 0.225 e. The van der Waals surface area contributed by atoms with Crippen molar-refractivity contribution in [2.24, 2.45) is 17.8 Å². The molecule has 19 heavy (non-hydrogen) atoms. The van der Waals surface area contributed by atoms with Crippen molar-refractivity contribution in [1.29, 1.82) is 0 Å². The number of hydrogen-bond acceptors (Lipinski definition) is 3. The first-order valence-electron chi connectivity index (χ1n) is 7.29. The van der Waals surface area contributed by atoms with Gasteiger partial charge in [-0.2, -0.15) is 0 Å². The molecule has 2 saturated carbocycles. The molecule has 104 valence electrons. The number of thiazole rings is 1. The van der Waals surface area contributed by atoms with E-state index in [0.717, 1.165) is 30.3 Å². The summed E-state index contributed by atoms with van der Waals surface area (Å²) in [4.78, 5) is 20.0. The van der Waals surface area contributed by atoms with Gasteiger partial charge in [0, 0.05) is 37.0 Å². The number of amides is 1. The summed E-state index contributed by atoms with van der Waals surface area (Å²) in [5.74, 6) is 2.22. The van der Waals surface area contributed by atoms with Gasteiger partial charge in [-0.25, -0.2) is 4.98 Å². The summed E-state index contributed by atoms with van der Waals surface area (Å²) in [7, 11) is 1.95. The predicted octanol–water partition coefficient (Wildman–Crippen LogP) is 2.89. The quantitative estimate of drug-likeness (QED) is 0.848. The Kier molecular flexibility index (Phi) is 3.61. The van der Waals surface area contributed by atoms with Gasteiger partial charge in [0.1, 0.15) is 0 Å². The third-order valence-corrected chi connectivity index (χ3v) is 5.73. The van der Waals surface area contributed by atoms with E-state index in [9.17, 15) is 4.79 Å². The zero-order chi connectivity index (χ0) is 13.4. The largest absolute Gasteiger partial charge is 0.345 e. The van der Waals surface area contributed by atoms with Crippen molar-refractivity contribution in [2.75, 3.05) is 13.6 Å². The minimum atomic E-state index is 0.321. The van der Waals surface area contributed by atoms with Gasteiger partial charge in [-0.1, -0.05) is 6.42 Å². The highest BCUT2D eigenvalue weighted by atomic mass is 32.1. The van der Waals surface area contributed by atoms with Crippen molar-refractivity contribution in [3.05, 3.63) is 16.1 Å². The molecule has 0 saturated heterocycles. The monoisotopic (exact) mass is 278 g/mol. The molecule has 0 radical (unpaired) electrons. The van der Waals surface area contributed by atoms with Gasteiger partial charge in [0.2, 0.25) is 5.91 Å². The zero-order valence-corrected chi connectivity index (χ0v) is 12.6. The second-order valence-electron chi connectivity index (χ2n) is 6.16. The first-order chi connectivity index (χ1) is 9.13. The van der Waals surface area contributed by atoms with Crippen LogP contribution in [-0.4, -0.2) is 29.4 Å². The summed E-state index contributed by atoms with van der Waals surface area (Å²) in [5, 5.41) is 1.14. The highest BCUT2D eigenvalue weighted by Crippen LogP contribution is 2.48. The Labute approximate surface area is 119 Å². The minimum absolute atomic E-state index is 0.321. The smallest absolute Gasteiger partial charge is 0.225 e. The van der Waals surface area contributed by atoms with E-state index in [1.54, 1.807) is 11.3 Å². The molecule has 3 rings (SSSR count). The molecule has 0 unspecified atom stereocenters. The van der Waals surface area contributed by atoms with E-state index in [-0.39, 0.29) is 0 Å². The van der Waals surface area contributed by atoms with Gasteiger partial charge in [0.25, 0.3) is 0 Å². The number of hydrogen-bond donors (Lipinski definition) is 0. The van der Waals surface area contributed by atoms with Gasteiger partial charge in [-0.3, -0.25) is 4.79 Å². The lowest BCUT2D eigenvalue weighted by atomic mass is 9.88. The van der Waals surface area contributed by atoms with Crippen LogP contribution < -0.4 is 0 Å². The van der Waals surface area contributed by atoms with Crippen LogP contribution in [0.25, 0.3) is 0 Å². The van der Waals surface area contributed by atoms with Crippen molar-refractivity contribution in [3.63, 3.8) is 0 Å². The van der Waals surface area contributed by atoms with E-state index >= 15 is 0 Å². The average molecular weight is 278 g/mol. The lowest BCUT2D eigenvalue weighted by molar-refractivity contribution is -0.135. The van der Waals surface area contributed by atoms with Crippen molar-refractivity contribution in [3.8, 4) is 0 Å². The van der Waals surface area contributed by atoms with Gasteiger partial charge in [-0.15, -0.1) is 11.3 Å². The Morgan fingerprint density at radius 1 is 1.47 bits per heavy atom. The van der Waals surface area contributed by atoms with Crippen LogP contribution in [0.2, 0.25) is 0 Å². The van der Waals surface area contributed by atoms with Crippen molar-refractivity contribution < 1.29 is 4.79 Å². The van der Waals surface area contributed by atoms with Crippen LogP contribution in [0, 0.1) is 24.7 Å². The zero-order valence-electron chi connectivity index (χ0n) is 11.8. The van der Waals surface area contributed by atoms with Gasteiger partial charge in [-0.05, 0) is 38.0 Å². The Morgan fingerprint density at radius 3 is 2.89 bits per heavy atom. The van der Waals surface area contributed by atoms with E-state index in [0.29, 0.717) is 17.7 Å². The molecule has 0 aromatic carbocycles. The number of carbonyl (C=O) groups excluding carboxylic acids is 1. The molecule has 2 bridgehead atoms. The molecule has 0 N–H and O–H groups in total. The first-order valence-corrected chi connectivity index (χ1v) is 8.11. The van der Waals surface area contributed by atoms with Crippen LogP contribution in [0.1, 0.15) is 35.6 Å². The molecule has 1 aromatic rings. The third kappa shape index (κ3) is 2.69. The predicted molar refractivity (Wildman–Crippen MR) is 77.1 cm³/mol. The summed E-state index contributed by atoms with van der Waals surface area (Å²) < 4.78 is 0. The molecule has 2 aliphatic carbocycles. The molecular formula is C15H22N2OS. The number of aryl methyl sites for hydroxylation is 1. The lowest BCUT2D eigenvalue weighted by Gasteiger charge is -2.26. The highest BCUT2D eigenvalue weighted by molar-refractivity contribution is 7.11. The van der Waals surface area contributed by atoms with Crippen LogP contribution in [0.5, 0.6) is 0 Å². The van der Waals surface area contributed by atoms with Crippen molar-refractivity contribution in [2.45, 2.75) is 39.0 Å². The number of nitrogens with zero attached hydrogens (tertiary/aromatic N) is 2. The molecule has 1 heterocycles. The van der Waals surface area contributed by atoms with Gasteiger partial charge >= 0.3 is 0 Å². The first kappa shape index (κ1) is 13.1. The van der Waals surface area contributed by atoms with E-state index in [1.165, 1.54) is 24.1 Å². The van der Waals surface area contributed by atoms with Gasteiger partial charge < -0.3 is 4.90 Å². The van der Waals surface area contributed by atoms with E-state index in [1.807, 2.05) is 18.1 Å². The second-order valence-corrected chi connectivity index (χ2v) is 7.48. The van der Waals surface area contributed by atoms with Crippen LogP contribution in [0.4, 0.5) is 0 Å². The Hall–Kier alpha value is -0.900. The molecule has 0 spiro atoms. The van der Waals surface area contributed by atoms with Crippen LogP contribution in [0.3, 0.4) is 0 Å². The number of likely N-dealkylation sites (N-methyl/N-ethyl adjacent to an activating group) is 1. The Bertz CT molecular complexity index is 470. The standard InChI is InChI=1S/C15H22N2OS/c1-10-9-16-14(19-10)5-6-17(2)15(18)13-8-11-3-4-12(13)7-11/h9,11-13H,3-8H2,1-2H3/t11-,12-,13+/m0/s1. The molecule has 1 amide bonds. The Morgan fingerprint density at radius 2 is 2.32 bits per heavy atom. The number of carbonyl (C=O) groups is 1. The maximum absolute atomic E-state index is 12.5. The molecule has 1 aromatic heterocycles. The fourth-order valence-electron chi connectivity index (χ4n) is 3.72. The number of rotatable bonds is 4. The van der Waals surface area contributed by atoms with Crippen LogP contribution >= 0.6 is 11.3 Å². The molecule has 3 nitrogen and oxygen atoms in total. The van der Waals surface area contributed by atoms with Gasteiger partial charge in [0.05, 0.1) is 5.01 Å². The van der Waals surface area contributed by atoms with Crippen molar-refractivity contribution >= 4 is 17.2 Å². The summed E-state index contributed by atoms with van der Waals surface area (Å²) in [5.41, 5.74) is 0. The average Bonchev–Trinajstić information content (AvgIpc) is 3.11. The number of aromatic nitrogens is 1. The lowest BCUT2D eigenvalue weighted by Crippen LogP contribution is -2.36. The summed E-state index contributed by atoms with van der Waals surface area (Å²) in [6, 6.07) is 0. The van der Waals surface area contributed by atoms with E-state index in [4.69, 9.17) is 0 Å². The maximum atomic E-state index is 12.5. The fraction of sp³-hybridized carbons (Fsp3) is 0.733. The molecular weight excluding hydrogens is 256 g/mol. The molecule has 0 aliphatic heterocycles. The van der Waals surface area contributed by atoms with Crippen molar-refractivity contribution in [1.82, 2.24) is 9.88 Å².